The summed E-state index contributed by atoms with van der Waals surface area (Å²) in [4.78, 5) is 22.6. The monoisotopic (exact) mass is 237 g/mol. The van der Waals surface area contributed by atoms with Crippen molar-refractivity contribution in [1.82, 2.24) is 20.7 Å². The average molecular weight is 237 g/mol. The Hall–Kier alpha value is -1.92. The Morgan fingerprint density at radius 2 is 2.06 bits per heavy atom. The summed E-state index contributed by atoms with van der Waals surface area (Å²) in [7, 11) is 0. The number of primary amides is 1. The van der Waals surface area contributed by atoms with Crippen LogP contribution in [0.5, 0.6) is 0 Å². The van der Waals surface area contributed by atoms with Gasteiger partial charge in [0.05, 0.1) is 6.20 Å². The highest BCUT2D eigenvalue weighted by Gasteiger charge is 2.26. The van der Waals surface area contributed by atoms with Crippen molar-refractivity contribution < 1.29 is 9.59 Å². The van der Waals surface area contributed by atoms with Crippen molar-refractivity contribution in [3.63, 3.8) is 0 Å². The van der Waals surface area contributed by atoms with Crippen molar-refractivity contribution in [2.24, 2.45) is 11.7 Å². The molecule has 0 bridgehead atoms. The summed E-state index contributed by atoms with van der Waals surface area (Å²) < 4.78 is 0. The van der Waals surface area contributed by atoms with Gasteiger partial charge in [-0.2, -0.15) is 15.4 Å². The van der Waals surface area contributed by atoms with Crippen molar-refractivity contribution in [3.05, 3.63) is 11.9 Å². The molecule has 0 radical (unpaired) electrons. The molecule has 1 fully saturated rings. The summed E-state index contributed by atoms with van der Waals surface area (Å²) in [5, 5.41) is 12.5. The number of hydrogen-bond donors (Lipinski definition) is 3. The van der Waals surface area contributed by atoms with Gasteiger partial charge in [-0.1, -0.05) is 0 Å². The number of aromatic amines is 1. The number of rotatable bonds is 3. The van der Waals surface area contributed by atoms with Gasteiger partial charge in [0.1, 0.15) is 0 Å². The summed E-state index contributed by atoms with van der Waals surface area (Å²) in [5.74, 6) is -0.525. The number of carbonyl (C=O) groups is 2. The molecular formula is C10H15N5O2. The Balaban J connectivity index is 1.82. The minimum Gasteiger partial charge on any atom is -0.369 e. The molecule has 92 valence electrons. The number of hydrogen-bond acceptors (Lipinski definition) is 4. The molecule has 0 aliphatic heterocycles. The molecule has 0 atom stereocenters. The van der Waals surface area contributed by atoms with Crippen LogP contribution in [-0.4, -0.2) is 33.3 Å². The lowest BCUT2D eigenvalue weighted by Crippen LogP contribution is -2.39. The minimum absolute atomic E-state index is 0.0461. The highest BCUT2D eigenvalue weighted by Crippen LogP contribution is 2.23. The lowest BCUT2D eigenvalue weighted by atomic mass is 9.85. The summed E-state index contributed by atoms with van der Waals surface area (Å²) in [5.41, 5.74) is 5.52. The van der Waals surface area contributed by atoms with Crippen LogP contribution in [0.2, 0.25) is 0 Å². The van der Waals surface area contributed by atoms with E-state index in [0.717, 1.165) is 25.7 Å². The molecule has 7 heteroatoms. The van der Waals surface area contributed by atoms with Gasteiger partial charge in [-0.3, -0.25) is 9.59 Å². The Labute approximate surface area is 98.1 Å². The molecule has 1 aliphatic carbocycles. The fraction of sp³-hybridized carbons (Fsp3) is 0.600. The van der Waals surface area contributed by atoms with Gasteiger partial charge in [-0.25, -0.2) is 0 Å². The number of nitrogens with two attached hydrogens (primary N) is 1. The number of H-pyrrole nitrogens is 1. The molecule has 0 aromatic carbocycles. The molecule has 1 aromatic heterocycles. The van der Waals surface area contributed by atoms with E-state index in [1.807, 2.05) is 0 Å². The average Bonchev–Trinajstić information content (AvgIpc) is 2.83. The Morgan fingerprint density at radius 1 is 1.35 bits per heavy atom. The van der Waals surface area contributed by atoms with Crippen molar-refractivity contribution in [1.29, 1.82) is 0 Å². The second kappa shape index (κ2) is 4.94. The fourth-order valence-electron chi connectivity index (χ4n) is 2.09. The first-order chi connectivity index (χ1) is 8.16. The van der Waals surface area contributed by atoms with Crippen molar-refractivity contribution in [3.8, 4) is 0 Å². The van der Waals surface area contributed by atoms with Crippen LogP contribution in [0.25, 0.3) is 0 Å². The third-order valence-corrected chi connectivity index (χ3v) is 3.11. The van der Waals surface area contributed by atoms with E-state index in [4.69, 9.17) is 5.73 Å². The van der Waals surface area contributed by atoms with Crippen LogP contribution in [0.3, 0.4) is 0 Å². The number of aromatic nitrogens is 3. The maximum Gasteiger partial charge on any atom is 0.273 e. The van der Waals surface area contributed by atoms with Gasteiger partial charge < -0.3 is 11.1 Å². The zero-order valence-corrected chi connectivity index (χ0v) is 9.35. The SMILES string of the molecule is NC(=O)C1CCC(NC(=O)c2cn[nH]n2)CC1. The number of nitrogens with one attached hydrogen (secondary N) is 2. The topological polar surface area (TPSA) is 114 Å². The van der Waals surface area contributed by atoms with E-state index in [9.17, 15) is 9.59 Å². The molecule has 4 N–H and O–H groups in total. The van der Waals surface area contributed by atoms with Crippen LogP contribution >= 0.6 is 0 Å². The highest BCUT2D eigenvalue weighted by molar-refractivity contribution is 5.92. The second-order valence-corrected chi connectivity index (χ2v) is 4.28. The first kappa shape index (κ1) is 11.6. The standard InChI is InChI=1S/C10H15N5O2/c11-9(16)6-1-3-7(4-2-6)13-10(17)8-5-12-15-14-8/h5-7H,1-4H2,(H2,11,16)(H,13,17)(H,12,14,15). The number of carbonyl (C=O) groups excluding carboxylic acids is 2. The zero-order valence-electron chi connectivity index (χ0n) is 9.35. The molecule has 17 heavy (non-hydrogen) atoms. The van der Waals surface area contributed by atoms with Crippen molar-refractivity contribution in [2.45, 2.75) is 31.7 Å². The predicted octanol–water partition coefficient (Wildman–Crippen LogP) is -0.421. The van der Waals surface area contributed by atoms with E-state index in [-0.39, 0.29) is 29.5 Å². The predicted molar refractivity (Wildman–Crippen MR) is 58.8 cm³/mol. The largest absolute Gasteiger partial charge is 0.369 e. The fourth-order valence-corrected chi connectivity index (χ4v) is 2.09. The second-order valence-electron chi connectivity index (χ2n) is 4.28. The van der Waals surface area contributed by atoms with Gasteiger partial charge in [-0.15, -0.1) is 0 Å². The van der Waals surface area contributed by atoms with Crippen LogP contribution in [0.4, 0.5) is 0 Å². The lowest BCUT2D eigenvalue weighted by Gasteiger charge is -2.26. The smallest absolute Gasteiger partial charge is 0.273 e. The molecule has 0 spiro atoms. The zero-order chi connectivity index (χ0) is 12.3. The van der Waals surface area contributed by atoms with Gasteiger partial charge in [-0.05, 0) is 25.7 Å². The summed E-state index contributed by atoms with van der Waals surface area (Å²) in [6, 6.07) is 0.0924. The molecule has 2 amide bonds. The van der Waals surface area contributed by atoms with Gasteiger partial charge in [0.25, 0.3) is 5.91 Å². The van der Waals surface area contributed by atoms with Crippen LogP contribution in [0.15, 0.2) is 6.20 Å². The third kappa shape index (κ3) is 2.80. The molecule has 1 aliphatic rings. The lowest BCUT2D eigenvalue weighted by molar-refractivity contribution is -0.122. The third-order valence-electron chi connectivity index (χ3n) is 3.11. The van der Waals surface area contributed by atoms with Crippen molar-refractivity contribution in [2.75, 3.05) is 0 Å². The van der Waals surface area contributed by atoms with E-state index >= 15 is 0 Å². The van der Waals surface area contributed by atoms with Gasteiger partial charge >= 0.3 is 0 Å². The van der Waals surface area contributed by atoms with E-state index in [2.05, 4.69) is 20.7 Å². The number of amides is 2. The van der Waals surface area contributed by atoms with Gasteiger partial charge in [0.15, 0.2) is 5.69 Å². The number of nitrogens with zero attached hydrogens (tertiary/aromatic N) is 2. The first-order valence-electron chi connectivity index (χ1n) is 5.62. The summed E-state index contributed by atoms with van der Waals surface area (Å²) >= 11 is 0. The highest BCUT2D eigenvalue weighted by atomic mass is 16.2. The van der Waals surface area contributed by atoms with Crippen LogP contribution < -0.4 is 11.1 Å². The van der Waals surface area contributed by atoms with Gasteiger partial charge in [0, 0.05) is 12.0 Å². The van der Waals surface area contributed by atoms with E-state index in [1.54, 1.807) is 0 Å². The normalized spacial score (nSPS) is 24.2. The first-order valence-corrected chi connectivity index (χ1v) is 5.62. The Kier molecular flexibility index (Phi) is 3.36. The summed E-state index contributed by atoms with van der Waals surface area (Å²) in [6.07, 6.45) is 4.40. The molecule has 7 nitrogen and oxygen atoms in total. The Morgan fingerprint density at radius 3 is 2.59 bits per heavy atom. The Bertz CT molecular complexity index is 395. The van der Waals surface area contributed by atoms with Crippen LogP contribution in [-0.2, 0) is 4.79 Å². The molecule has 0 unspecified atom stereocenters. The van der Waals surface area contributed by atoms with E-state index in [1.165, 1.54) is 6.20 Å². The quantitative estimate of drug-likeness (QED) is 0.662. The molecule has 2 rings (SSSR count). The molecule has 1 aromatic rings. The summed E-state index contributed by atoms with van der Waals surface area (Å²) in [6.45, 7) is 0. The maximum absolute atomic E-state index is 11.7. The van der Waals surface area contributed by atoms with E-state index in [0.29, 0.717) is 0 Å². The molecule has 1 saturated carbocycles. The van der Waals surface area contributed by atoms with Crippen LogP contribution in [0, 0.1) is 5.92 Å². The van der Waals surface area contributed by atoms with Gasteiger partial charge in [0.2, 0.25) is 5.91 Å². The molecular weight excluding hydrogens is 222 g/mol. The van der Waals surface area contributed by atoms with Crippen LogP contribution in [0.1, 0.15) is 36.2 Å². The van der Waals surface area contributed by atoms with E-state index < -0.39 is 0 Å². The molecule has 1 heterocycles. The van der Waals surface area contributed by atoms with Crippen molar-refractivity contribution >= 4 is 11.8 Å². The molecule has 0 saturated heterocycles. The minimum atomic E-state index is -0.244. The maximum atomic E-state index is 11.7.